The van der Waals surface area contributed by atoms with Crippen molar-refractivity contribution in [3.63, 3.8) is 0 Å². The zero-order valence-corrected chi connectivity index (χ0v) is 12.9. The van der Waals surface area contributed by atoms with Crippen LogP contribution >= 0.6 is 0 Å². The van der Waals surface area contributed by atoms with Gasteiger partial charge in [-0.1, -0.05) is 17.7 Å². The lowest BCUT2D eigenvalue weighted by Gasteiger charge is -2.19. The fourth-order valence-electron chi connectivity index (χ4n) is 2.17. The summed E-state index contributed by atoms with van der Waals surface area (Å²) in [4.78, 5) is 18.2. The quantitative estimate of drug-likeness (QED) is 0.867. The molecule has 0 aliphatic carbocycles. The average Bonchev–Trinajstić information content (AvgIpc) is 2.47. The Bertz CT molecular complexity index is 636. The van der Waals surface area contributed by atoms with Gasteiger partial charge < -0.3 is 9.64 Å². The van der Waals surface area contributed by atoms with Gasteiger partial charge in [0, 0.05) is 31.0 Å². The Balaban J connectivity index is 2.17. The second-order valence-electron chi connectivity index (χ2n) is 5.16. The number of amides is 1. The molecule has 0 bridgehead atoms. The number of hydrogen-bond donors (Lipinski definition) is 0. The fourth-order valence-corrected chi connectivity index (χ4v) is 2.17. The minimum atomic E-state index is -0.0499. The van der Waals surface area contributed by atoms with Crippen molar-refractivity contribution < 1.29 is 9.53 Å². The summed E-state index contributed by atoms with van der Waals surface area (Å²) in [7, 11) is 3.42. The van der Waals surface area contributed by atoms with Crippen molar-refractivity contribution in [2.45, 2.75) is 20.4 Å². The third-order valence-electron chi connectivity index (χ3n) is 3.35. The summed E-state index contributed by atoms with van der Waals surface area (Å²) in [5, 5.41) is 0. The molecule has 0 saturated carbocycles. The minimum absolute atomic E-state index is 0.0499. The second kappa shape index (κ2) is 6.39. The van der Waals surface area contributed by atoms with E-state index in [-0.39, 0.29) is 5.91 Å². The molecule has 1 aromatic carbocycles. The Hall–Kier alpha value is -2.36. The molecule has 2 rings (SSSR count). The number of pyridine rings is 1. The van der Waals surface area contributed by atoms with Crippen molar-refractivity contribution in [2.24, 2.45) is 0 Å². The van der Waals surface area contributed by atoms with Gasteiger partial charge >= 0.3 is 0 Å². The van der Waals surface area contributed by atoms with E-state index in [1.54, 1.807) is 31.3 Å². The van der Waals surface area contributed by atoms with Gasteiger partial charge in [-0.05, 0) is 32.0 Å². The largest absolute Gasteiger partial charge is 0.496 e. The Morgan fingerprint density at radius 1 is 1.24 bits per heavy atom. The maximum Gasteiger partial charge on any atom is 0.255 e. The molecule has 2 aromatic rings. The van der Waals surface area contributed by atoms with Crippen molar-refractivity contribution in [3.05, 3.63) is 58.9 Å². The molecular formula is C17H20N2O2. The molecule has 0 unspecified atom stereocenters. The Morgan fingerprint density at radius 2 is 2.00 bits per heavy atom. The van der Waals surface area contributed by atoms with Gasteiger partial charge in [-0.2, -0.15) is 0 Å². The number of carbonyl (C=O) groups is 1. The first-order valence-electron chi connectivity index (χ1n) is 6.83. The summed E-state index contributed by atoms with van der Waals surface area (Å²) in [5.41, 5.74) is 3.63. The zero-order valence-electron chi connectivity index (χ0n) is 12.9. The topological polar surface area (TPSA) is 42.4 Å². The van der Waals surface area contributed by atoms with Crippen LogP contribution in [0.5, 0.6) is 5.75 Å². The number of rotatable bonds is 4. The number of hydrogen-bond acceptors (Lipinski definition) is 3. The highest BCUT2D eigenvalue weighted by atomic mass is 16.5. The third-order valence-corrected chi connectivity index (χ3v) is 3.35. The van der Waals surface area contributed by atoms with E-state index in [4.69, 9.17) is 4.74 Å². The molecule has 4 nitrogen and oxygen atoms in total. The molecule has 4 heteroatoms. The van der Waals surface area contributed by atoms with Gasteiger partial charge in [0.2, 0.25) is 0 Å². The molecule has 0 radical (unpaired) electrons. The van der Waals surface area contributed by atoms with E-state index in [0.29, 0.717) is 12.1 Å². The third kappa shape index (κ3) is 3.60. The Labute approximate surface area is 125 Å². The lowest BCUT2D eigenvalue weighted by Crippen LogP contribution is -2.26. The lowest BCUT2D eigenvalue weighted by atomic mass is 10.1. The van der Waals surface area contributed by atoms with Gasteiger partial charge in [0.15, 0.2) is 0 Å². The Morgan fingerprint density at radius 3 is 2.62 bits per heavy atom. The highest BCUT2D eigenvalue weighted by Crippen LogP contribution is 2.21. The number of benzene rings is 1. The summed E-state index contributed by atoms with van der Waals surface area (Å²) < 4.78 is 5.35. The standard InChI is InChI=1S/C17H20N2O2/c1-12-5-8-16(21-4)15(9-12)11-19(3)17(20)14-7-6-13(2)18-10-14/h5-10H,11H2,1-4H3. The van der Waals surface area contributed by atoms with Gasteiger partial charge in [-0.25, -0.2) is 0 Å². The van der Waals surface area contributed by atoms with E-state index < -0.39 is 0 Å². The number of carbonyl (C=O) groups excluding carboxylic acids is 1. The summed E-state index contributed by atoms with van der Waals surface area (Å²) in [5.74, 6) is 0.744. The van der Waals surface area contributed by atoms with Crippen molar-refractivity contribution >= 4 is 5.91 Å². The molecule has 0 aliphatic heterocycles. The van der Waals surface area contributed by atoms with E-state index in [2.05, 4.69) is 4.98 Å². The van der Waals surface area contributed by atoms with Gasteiger partial charge in [0.05, 0.1) is 12.7 Å². The molecule has 21 heavy (non-hydrogen) atoms. The van der Waals surface area contributed by atoms with Crippen LogP contribution in [-0.4, -0.2) is 29.9 Å². The Kier molecular flexibility index (Phi) is 4.58. The monoisotopic (exact) mass is 284 g/mol. The summed E-state index contributed by atoms with van der Waals surface area (Å²) in [6.07, 6.45) is 1.61. The first-order chi connectivity index (χ1) is 10.0. The highest BCUT2D eigenvalue weighted by molar-refractivity contribution is 5.93. The molecule has 0 aliphatic rings. The minimum Gasteiger partial charge on any atom is -0.496 e. The maximum absolute atomic E-state index is 12.4. The molecule has 0 N–H and O–H groups in total. The number of aromatic nitrogens is 1. The predicted octanol–water partition coefficient (Wildman–Crippen LogP) is 2.98. The summed E-state index contributed by atoms with van der Waals surface area (Å²) in [6.45, 7) is 4.42. The average molecular weight is 284 g/mol. The van der Waals surface area contributed by atoms with E-state index >= 15 is 0 Å². The maximum atomic E-state index is 12.4. The van der Waals surface area contributed by atoms with E-state index in [9.17, 15) is 4.79 Å². The van der Waals surface area contributed by atoms with E-state index in [0.717, 1.165) is 22.6 Å². The highest BCUT2D eigenvalue weighted by Gasteiger charge is 2.14. The fraction of sp³-hybridized carbons (Fsp3) is 0.294. The molecule has 110 valence electrons. The number of methoxy groups -OCH3 is 1. The zero-order chi connectivity index (χ0) is 15.4. The number of aryl methyl sites for hydroxylation is 2. The van der Waals surface area contributed by atoms with Gasteiger partial charge in [-0.3, -0.25) is 9.78 Å². The number of nitrogens with zero attached hydrogens (tertiary/aromatic N) is 2. The molecular weight excluding hydrogens is 264 g/mol. The normalized spacial score (nSPS) is 10.3. The first kappa shape index (κ1) is 15.0. The van der Waals surface area contributed by atoms with E-state index in [1.807, 2.05) is 38.1 Å². The second-order valence-corrected chi connectivity index (χ2v) is 5.16. The first-order valence-corrected chi connectivity index (χ1v) is 6.83. The van der Waals surface area contributed by atoms with Crippen LogP contribution in [0.2, 0.25) is 0 Å². The molecule has 1 aromatic heterocycles. The van der Waals surface area contributed by atoms with Crippen LogP contribution in [0.4, 0.5) is 0 Å². The van der Waals surface area contributed by atoms with Crippen molar-refractivity contribution in [2.75, 3.05) is 14.2 Å². The summed E-state index contributed by atoms with van der Waals surface area (Å²) >= 11 is 0. The smallest absolute Gasteiger partial charge is 0.255 e. The van der Waals surface area contributed by atoms with Gasteiger partial charge in [0.1, 0.15) is 5.75 Å². The molecule has 0 fully saturated rings. The predicted molar refractivity (Wildman–Crippen MR) is 82.5 cm³/mol. The van der Waals surface area contributed by atoms with Crippen LogP contribution in [0.15, 0.2) is 36.5 Å². The van der Waals surface area contributed by atoms with Crippen LogP contribution in [0, 0.1) is 13.8 Å². The van der Waals surface area contributed by atoms with Crippen LogP contribution < -0.4 is 4.74 Å². The van der Waals surface area contributed by atoms with Crippen LogP contribution in [0.1, 0.15) is 27.2 Å². The van der Waals surface area contributed by atoms with Gasteiger partial charge in [-0.15, -0.1) is 0 Å². The van der Waals surface area contributed by atoms with Crippen molar-refractivity contribution in [1.29, 1.82) is 0 Å². The van der Waals surface area contributed by atoms with Crippen LogP contribution in [0.3, 0.4) is 0 Å². The lowest BCUT2D eigenvalue weighted by molar-refractivity contribution is 0.0783. The van der Waals surface area contributed by atoms with Crippen molar-refractivity contribution in [3.8, 4) is 5.75 Å². The molecule has 0 atom stereocenters. The summed E-state index contributed by atoms with van der Waals surface area (Å²) in [6, 6.07) is 9.60. The van der Waals surface area contributed by atoms with Crippen LogP contribution in [0.25, 0.3) is 0 Å². The molecule has 1 amide bonds. The van der Waals surface area contributed by atoms with Crippen molar-refractivity contribution in [1.82, 2.24) is 9.88 Å². The molecule has 0 spiro atoms. The molecule has 0 saturated heterocycles. The van der Waals surface area contributed by atoms with Crippen LogP contribution in [-0.2, 0) is 6.54 Å². The van der Waals surface area contributed by atoms with E-state index in [1.165, 1.54) is 0 Å². The van der Waals surface area contributed by atoms with Gasteiger partial charge in [0.25, 0.3) is 5.91 Å². The SMILES string of the molecule is COc1ccc(C)cc1CN(C)C(=O)c1ccc(C)nc1. The number of ether oxygens (including phenoxy) is 1. The molecule has 1 heterocycles.